The van der Waals surface area contributed by atoms with E-state index in [2.05, 4.69) is 37.3 Å². The minimum Gasteiger partial charge on any atom is -0.467 e. The number of hydrogen-bond acceptors (Lipinski definition) is 3. The molecule has 3 aromatic rings. The van der Waals surface area contributed by atoms with Gasteiger partial charge < -0.3 is 9.32 Å². The molecule has 25 heavy (non-hydrogen) atoms. The van der Waals surface area contributed by atoms with Crippen LogP contribution in [0.1, 0.15) is 35.1 Å². The van der Waals surface area contributed by atoms with Crippen molar-refractivity contribution in [1.29, 1.82) is 0 Å². The van der Waals surface area contributed by atoms with Gasteiger partial charge in [0.15, 0.2) is 0 Å². The van der Waals surface area contributed by atoms with Crippen molar-refractivity contribution in [3.63, 3.8) is 0 Å². The predicted octanol–water partition coefficient (Wildman–Crippen LogP) is 5.07. The summed E-state index contributed by atoms with van der Waals surface area (Å²) in [5.41, 5.74) is 2.53. The summed E-state index contributed by atoms with van der Waals surface area (Å²) in [6.07, 6.45) is 3.97. The number of carbonyl (C=O) groups excluding carboxylic acids is 1. The average molecular weight is 353 g/mol. The zero-order valence-corrected chi connectivity index (χ0v) is 15.3. The summed E-state index contributed by atoms with van der Waals surface area (Å²) >= 11 is 1.68. The summed E-state index contributed by atoms with van der Waals surface area (Å²) in [7, 11) is 0. The Kier molecular flexibility index (Phi) is 6.07. The van der Waals surface area contributed by atoms with E-state index in [0.717, 1.165) is 18.6 Å². The summed E-state index contributed by atoms with van der Waals surface area (Å²) in [4.78, 5) is 15.8. The molecule has 0 unspecified atom stereocenters. The number of benzene rings is 1. The first-order valence-electron chi connectivity index (χ1n) is 8.65. The lowest BCUT2D eigenvalue weighted by Crippen LogP contribution is -2.29. The molecule has 0 aliphatic rings. The van der Waals surface area contributed by atoms with Crippen LogP contribution >= 0.6 is 11.3 Å². The fourth-order valence-electron chi connectivity index (χ4n) is 2.76. The highest BCUT2D eigenvalue weighted by Gasteiger charge is 2.16. The molecule has 3 nitrogen and oxygen atoms in total. The lowest BCUT2D eigenvalue weighted by molar-refractivity contribution is -0.132. The van der Waals surface area contributed by atoms with Gasteiger partial charge in [-0.05, 0) is 47.5 Å². The van der Waals surface area contributed by atoms with Gasteiger partial charge in [0.05, 0.1) is 19.4 Å². The third kappa shape index (κ3) is 5.07. The lowest BCUT2D eigenvalue weighted by atomic mass is 10.1. The van der Waals surface area contributed by atoms with Gasteiger partial charge in [0.1, 0.15) is 5.76 Å². The molecule has 0 aliphatic carbocycles. The molecule has 0 aliphatic heterocycles. The quantitative estimate of drug-likeness (QED) is 0.567. The van der Waals surface area contributed by atoms with Gasteiger partial charge in [-0.3, -0.25) is 4.79 Å². The van der Waals surface area contributed by atoms with Crippen LogP contribution in [0.15, 0.2) is 64.6 Å². The summed E-state index contributed by atoms with van der Waals surface area (Å²) in [5.74, 6) is 0.974. The Hall–Kier alpha value is -2.33. The maximum Gasteiger partial charge on any atom is 0.223 e. The van der Waals surface area contributed by atoms with Crippen LogP contribution in [0.25, 0.3) is 0 Å². The monoisotopic (exact) mass is 353 g/mol. The van der Waals surface area contributed by atoms with Crippen molar-refractivity contribution in [2.24, 2.45) is 0 Å². The smallest absolute Gasteiger partial charge is 0.223 e. The minimum atomic E-state index is 0.157. The molecule has 130 valence electrons. The highest BCUT2D eigenvalue weighted by Crippen LogP contribution is 2.17. The van der Waals surface area contributed by atoms with Crippen LogP contribution in [-0.4, -0.2) is 10.8 Å². The Labute approximate surface area is 152 Å². The van der Waals surface area contributed by atoms with E-state index in [0.29, 0.717) is 19.5 Å². The first-order chi connectivity index (χ1) is 12.2. The topological polar surface area (TPSA) is 33.5 Å². The van der Waals surface area contributed by atoms with E-state index in [9.17, 15) is 4.79 Å². The molecular formula is C21H23NO2S. The molecule has 3 rings (SSSR count). The van der Waals surface area contributed by atoms with Crippen LogP contribution in [-0.2, 0) is 30.7 Å². The number of nitrogens with zero attached hydrogens (tertiary/aromatic N) is 1. The van der Waals surface area contributed by atoms with E-state index >= 15 is 0 Å². The van der Waals surface area contributed by atoms with Crippen molar-refractivity contribution >= 4 is 17.2 Å². The summed E-state index contributed by atoms with van der Waals surface area (Å²) in [6, 6.07) is 16.4. The molecule has 1 amide bonds. The number of furan rings is 1. The van der Waals surface area contributed by atoms with Crippen LogP contribution in [0, 0.1) is 0 Å². The second-order valence-electron chi connectivity index (χ2n) is 6.08. The molecule has 1 aromatic carbocycles. The normalized spacial score (nSPS) is 10.8. The first-order valence-corrected chi connectivity index (χ1v) is 9.53. The zero-order chi connectivity index (χ0) is 17.5. The molecule has 2 aromatic heterocycles. The minimum absolute atomic E-state index is 0.157. The summed E-state index contributed by atoms with van der Waals surface area (Å²) in [6.45, 7) is 3.29. The Morgan fingerprint density at radius 3 is 2.48 bits per heavy atom. The number of carbonyl (C=O) groups is 1. The first kappa shape index (κ1) is 17.5. The fraction of sp³-hybridized carbons (Fsp3) is 0.286. The number of aryl methyl sites for hydroxylation is 2. The number of rotatable bonds is 8. The van der Waals surface area contributed by atoms with E-state index < -0.39 is 0 Å². The van der Waals surface area contributed by atoms with Gasteiger partial charge in [-0.25, -0.2) is 0 Å². The SMILES string of the molecule is CCc1ccc(CCC(=O)N(Cc2ccco2)Cc2cccs2)cc1. The number of hydrogen-bond donors (Lipinski definition) is 0. The van der Waals surface area contributed by atoms with E-state index in [1.54, 1.807) is 17.6 Å². The maximum absolute atomic E-state index is 12.8. The van der Waals surface area contributed by atoms with Crippen molar-refractivity contribution in [2.45, 2.75) is 39.3 Å². The summed E-state index contributed by atoms with van der Waals surface area (Å²) in [5, 5.41) is 2.04. The highest BCUT2D eigenvalue weighted by atomic mass is 32.1. The molecule has 0 spiro atoms. The highest BCUT2D eigenvalue weighted by molar-refractivity contribution is 7.09. The van der Waals surface area contributed by atoms with E-state index in [1.165, 1.54) is 16.0 Å². The van der Waals surface area contributed by atoms with Crippen LogP contribution in [0.4, 0.5) is 0 Å². The molecule has 0 N–H and O–H groups in total. The number of thiophene rings is 1. The summed E-state index contributed by atoms with van der Waals surface area (Å²) < 4.78 is 5.43. The Bertz CT molecular complexity index is 725. The second kappa shape index (κ2) is 8.67. The van der Waals surface area contributed by atoms with Gasteiger partial charge in [0.2, 0.25) is 5.91 Å². The van der Waals surface area contributed by atoms with Crippen LogP contribution in [0.5, 0.6) is 0 Å². The van der Waals surface area contributed by atoms with Crippen LogP contribution < -0.4 is 0 Å². The van der Waals surface area contributed by atoms with Crippen molar-refractivity contribution in [3.8, 4) is 0 Å². The Morgan fingerprint density at radius 2 is 1.84 bits per heavy atom. The van der Waals surface area contributed by atoms with Crippen molar-refractivity contribution < 1.29 is 9.21 Å². The lowest BCUT2D eigenvalue weighted by Gasteiger charge is -2.21. The van der Waals surface area contributed by atoms with E-state index in [4.69, 9.17) is 4.42 Å². The van der Waals surface area contributed by atoms with E-state index in [-0.39, 0.29) is 5.91 Å². The van der Waals surface area contributed by atoms with E-state index in [1.807, 2.05) is 28.5 Å². The Balaban J connectivity index is 1.62. The Morgan fingerprint density at radius 1 is 1.04 bits per heavy atom. The van der Waals surface area contributed by atoms with Gasteiger partial charge >= 0.3 is 0 Å². The maximum atomic E-state index is 12.8. The molecule has 0 atom stereocenters. The van der Waals surface area contributed by atoms with Crippen molar-refractivity contribution in [2.75, 3.05) is 0 Å². The van der Waals surface area contributed by atoms with Gasteiger partial charge in [-0.15, -0.1) is 11.3 Å². The standard InChI is InChI=1S/C21H23NO2S/c1-2-17-7-9-18(10-8-17)11-12-21(23)22(15-19-5-3-13-24-19)16-20-6-4-14-25-20/h3-10,13-14H,2,11-12,15-16H2,1H3. The zero-order valence-electron chi connectivity index (χ0n) is 14.5. The average Bonchev–Trinajstić information content (AvgIpc) is 3.33. The molecule has 4 heteroatoms. The third-order valence-electron chi connectivity index (χ3n) is 4.27. The van der Waals surface area contributed by atoms with Gasteiger partial charge in [-0.1, -0.05) is 37.3 Å². The fourth-order valence-corrected chi connectivity index (χ4v) is 3.48. The molecule has 2 heterocycles. The van der Waals surface area contributed by atoms with Crippen LogP contribution in [0.3, 0.4) is 0 Å². The van der Waals surface area contributed by atoms with Crippen LogP contribution in [0.2, 0.25) is 0 Å². The molecule has 0 radical (unpaired) electrons. The van der Waals surface area contributed by atoms with Gasteiger partial charge in [0, 0.05) is 11.3 Å². The molecule has 0 saturated carbocycles. The predicted molar refractivity (Wildman–Crippen MR) is 101 cm³/mol. The third-order valence-corrected chi connectivity index (χ3v) is 5.13. The molecule has 0 saturated heterocycles. The van der Waals surface area contributed by atoms with Crippen molar-refractivity contribution in [1.82, 2.24) is 4.90 Å². The molecular weight excluding hydrogens is 330 g/mol. The second-order valence-corrected chi connectivity index (χ2v) is 7.11. The van der Waals surface area contributed by atoms with Gasteiger partial charge in [-0.2, -0.15) is 0 Å². The molecule has 0 fully saturated rings. The van der Waals surface area contributed by atoms with Crippen molar-refractivity contribution in [3.05, 3.63) is 81.9 Å². The van der Waals surface area contributed by atoms with Gasteiger partial charge in [0.25, 0.3) is 0 Å². The number of amides is 1. The molecule has 0 bridgehead atoms. The largest absolute Gasteiger partial charge is 0.467 e.